The summed E-state index contributed by atoms with van der Waals surface area (Å²) in [4.78, 5) is 12.1. The lowest BCUT2D eigenvalue weighted by molar-refractivity contribution is -0.123. The second kappa shape index (κ2) is 6.40. The van der Waals surface area contributed by atoms with E-state index < -0.39 is 5.54 Å². The van der Waals surface area contributed by atoms with Crippen molar-refractivity contribution in [3.8, 4) is 11.5 Å². The van der Waals surface area contributed by atoms with E-state index in [1.54, 1.807) is 7.11 Å². The molecule has 1 amide bonds. The van der Waals surface area contributed by atoms with E-state index >= 15 is 0 Å². The first-order valence-corrected chi connectivity index (χ1v) is 8.46. The standard InChI is InChI=1S/C18H26N2O3/c1-12(20-17(21)18(19)9-10-18)13-7-8-15(16(11-13)22-2)23-14-5-3-4-6-14/h7-8,11-12,14H,3-6,9-10,19H2,1-2H3,(H,20,21). The van der Waals surface area contributed by atoms with Crippen LogP contribution in [0.2, 0.25) is 0 Å². The van der Waals surface area contributed by atoms with Gasteiger partial charge in [0, 0.05) is 0 Å². The number of carbonyl (C=O) groups is 1. The summed E-state index contributed by atoms with van der Waals surface area (Å²) in [6.07, 6.45) is 6.50. The van der Waals surface area contributed by atoms with Gasteiger partial charge in [-0.25, -0.2) is 0 Å². The number of amides is 1. The first kappa shape index (κ1) is 16.1. The Morgan fingerprint density at radius 3 is 2.61 bits per heavy atom. The van der Waals surface area contributed by atoms with Crippen molar-refractivity contribution in [1.29, 1.82) is 0 Å². The molecule has 2 aliphatic rings. The Morgan fingerprint density at radius 1 is 1.30 bits per heavy atom. The lowest BCUT2D eigenvalue weighted by atomic mass is 10.1. The van der Waals surface area contributed by atoms with Crippen molar-refractivity contribution < 1.29 is 14.3 Å². The van der Waals surface area contributed by atoms with Crippen LogP contribution in [-0.2, 0) is 4.79 Å². The fraction of sp³-hybridized carbons (Fsp3) is 0.611. The molecular formula is C18H26N2O3. The molecule has 2 fully saturated rings. The Morgan fingerprint density at radius 2 is 2.00 bits per heavy atom. The lowest BCUT2D eigenvalue weighted by Gasteiger charge is -2.20. The Balaban J connectivity index is 1.68. The third-order valence-electron chi connectivity index (χ3n) is 4.87. The minimum absolute atomic E-state index is 0.0738. The highest BCUT2D eigenvalue weighted by Gasteiger charge is 2.46. The summed E-state index contributed by atoms with van der Waals surface area (Å²) in [6.45, 7) is 1.95. The molecule has 1 aromatic carbocycles. The van der Waals surface area contributed by atoms with Crippen LogP contribution in [0.25, 0.3) is 0 Å². The number of hydrogen-bond acceptors (Lipinski definition) is 4. The van der Waals surface area contributed by atoms with E-state index in [1.165, 1.54) is 12.8 Å². The molecule has 2 aliphatic carbocycles. The van der Waals surface area contributed by atoms with Gasteiger partial charge in [-0.3, -0.25) is 4.79 Å². The van der Waals surface area contributed by atoms with Crippen molar-refractivity contribution in [3.05, 3.63) is 23.8 Å². The average molecular weight is 318 g/mol. The smallest absolute Gasteiger partial charge is 0.240 e. The summed E-state index contributed by atoms with van der Waals surface area (Å²) in [5.74, 6) is 1.42. The van der Waals surface area contributed by atoms with Crippen LogP contribution in [0.3, 0.4) is 0 Å². The summed E-state index contributed by atoms with van der Waals surface area (Å²) in [5, 5.41) is 2.98. The number of nitrogens with two attached hydrogens (primary N) is 1. The van der Waals surface area contributed by atoms with Crippen LogP contribution < -0.4 is 20.5 Å². The summed E-state index contributed by atoms with van der Waals surface area (Å²) >= 11 is 0. The first-order chi connectivity index (χ1) is 11.0. The largest absolute Gasteiger partial charge is 0.493 e. The topological polar surface area (TPSA) is 73.6 Å². The van der Waals surface area contributed by atoms with Gasteiger partial charge in [-0.05, 0) is 63.1 Å². The molecule has 5 heteroatoms. The van der Waals surface area contributed by atoms with Gasteiger partial charge in [-0.1, -0.05) is 6.07 Å². The normalized spacial score (nSPS) is 20.8. The second-order valence-corrected chi connectivity index (χ2v) is 6.79. The molecule has 1 unspecified atom stereocenters. The molecule has 0 radical (unpaired) electrons. The Bertz CT molecular complexity index is 578. The third-order valence-corrected chi connectivity index (χ3v) is 4.87. The van der Waals surface area contributed by atoms with E-state index in [0.717, 1.165) is 37.0 Å². The molecule has 3 rings (SSSR count). The van der Waals surface area contributed by atoms with Crippen LogP contribution in [0.1, 0.15) is 57.1 Å². The van der Waals surface area contributed by atoms with Gasteiger partial charge < -0.3 is 20.5 Å². The fourth-order valence-electron chi connectivity index (χ4n) is 3.02. The summed E-state index contributed by atoms with van der Waals surface area (Å²) in [6, 6.07) is 5.74. The minimum atomic E-state index is -0.649. The van der Waals surface area contributed by atoms with Crippen LogP contribution in [0.5, 0.6) is 11.5 Å². The Kier molecular flexibility index (Phi) is 4.48. The van der Waals surface area contributed by atoms with Gasteiger partial charge in [0.2, 0.25) is 5.91 Å². The Hall–Kier alpha value is -1.75. The molecule has 2 saturated carbocycles. The summed E-state index contributed by atoms with van der Waals surface area (Å²) < 4.78 is 11.5. The number of nitrogens with one attached hydrogen (secondary N) is 1. The van der Waals surface area contributed by atoms with Gasteiger partial charge in [0.15, 0.2) is 11.5 Å². The SMILES string of the molecule is COc1cc(C(C)NC(=O)C2(N)CC2)ccc1OC1CCCC1. The molecule has 23 heavy (non-hydrogen) atoms. The molecule has 5 nitrogen and oxygen atoms in total. The maximum Gasteiger partial charge on any atom is 0.240 e. The highest BCUT2D eigenvalue weighted by molar-refractivity contribution is 5.89. The van der Waals surface area contributed by atoms with E-state index in [9.17, 15) is 4.79 Å². The highest BCUT2D eigenvalue weighted by atomic mass is 16.5. The maximum absolute atomic E-state index is 12.1. The summed E-state index contributed by atoms with van der Waals surface area (Å²) in [5.41, 5.74) is 6.27. The van der Waals surface area contributed by atoms with Gasteiger partial charge in [-0.15, -0.1) is 0 Å². The molecule has 1 aromatic rings. The number of benzene rings is 1. The van der Waals surface area contributed by atoms with E-state index in [1.807, 2.05) is 25.1 Å². The quantitative estimate of drug-likeness (QED) is 0.846. The molecule has 3 N–H and O–H groups in total. The molecule has 1 atom stereocenters. The van der Waals surface area contributed by atoms with Crippen LogP contribution in [0, 0.1) is 0 Å². The van der Waals surface area contributed by atoms with Crippen molar-refractivity contribution in [2.75, 3.05) is 7.11 Å². The van der Waals surface area contributed by atoms with E-state index in [-0.39, 0.29) is 11.9 Å². The van der Waals surface area contributed by atoms with Crippen LogP contribution in [0.4, 0.5) is 0 Å². The first-order valence-electron chi connectivity index (χ1n) is 8.46. The van der Waals surface area contributed by atoms with Crippen LogP contribution in [0.15, 0.2) is 18.2 Å². The van der Waals surface area contributed by atoms with Crippen LogP contribution in [-0.4, -0.2) is 24.7 Å². The molecule has 126 valence electrons. The monoisotopic (exact) mass is 318 g/mol. The number of rotatable bonds is 6. The second-order valence-electron chi connectivity index (χ2n) is 6.79. The molecule has 0 bridgehead atoms. The molecular weight excluding hydrogens is 292 g/mol. The van der Waals surface area contributed by atoms with E-state index in [0.29, 0.717) is 11.9 Å². The Labute approximate surface area is 137 Å². The van der Waals surface area contributed by atoms with Gasteiger partial charge in [0.05, 0.1) is 24.8 Å². The molecule has 0 aliphatic heterocycles. The molecule has 0 spiro atoms. The predicted molar refractivity (Wildman–Crippen MR) is 88.6 cm³/mol. The van der Waals surface area contributed by atoms with Crippen molar-refractivity contribution in [3.63, 3.8) is 0 Å². The number of ether oxygens (including phenoxy) is 2. The predicted octanol–water partition coefficient (Wildman–Crippen LogP) is 2.69. The van der Waals surface area contributed by atoms with E-state index in [4.69, 9.17) is 15.2 Å². The van der Waals surface area contributed by atoms with Gasteiger partial charge >= 0.3 is 0 Å². The number of methoxy groups -OCH3 is 1. The van der Waals surface area contributed by atoms with Crippen LogP contribution >= 0.6 is 0 Å². The van der Waals surface area contributed by atoms with Crippen molar-refractivity contribution in [2.45, 2.75) is 63.1 Å². The van der Waals surface area contributed by atoms with Gasteiger partial charge in [0.25, 0.3) is 0 Å². The number of hydrogen-bond donors (Lipinski definition) is 2. The van der Waals surface area contributed by atoms with Crippen molar-refractivity contribution in [2.24, 2.45) is 5.73 Å². The zero-order valence-electron chi connectivity index (χ0n) is 13.9. The van der Waals surface area contributed by atoms with Crippen molar-refractivity contribution >= 4 is 5.91 Å². The molecule has 0 saturated heterocycles. The third kappa shape index (κ3) is 3.61. The zero-order valence-corrected chi connectivity index (χ0v) is 13.9. The number of carbonyl (C=O) groups excluding carboxylic acids is 1. The van der Waals surface area contributed by atoms with Gasteiger partial charge in [-0.2, -0.15) is 0 Å². The molecule has 0 aromatic heterocycles. The lowest BCUT2D eigenvalue weighted by Crippen LogP contribution is -2.43. The molecule has 0 heterocycles. The van der Waals surface area contributed by atoms with E-state index in [2.05, 4.69) is 5.32 Å². The minimum Gasteiger partial charge on any atom is -0.493 e. The average Bonchev–Trinajstić information content (AvgIpc) is 3.09. The highest BCUT2D eigenvalue weighted by Crippen LogP contribution is 2.35. The zero-order chi connectivity index (χ0) is 16.4. The van der Waals surface area contributed by atoms with Crippen molar-refractivity contribution in [1.82, 2.24) is 5.32 Å². The van der Waals surface area contributed by atoms with Gasteiger partial charge in [0.1, 0.15) is 0 Å². The summed E-state index contributed by atoms with van der Waals surface area (Å²) in [7, 11) is 1.64. The maximum atomic E-state index is 12.1. The fourth-order valence-corrected chi connectivity index (χ4v) is 3.02.